The fourth-order valence-corrected chi connectivity index (χ4v) is 3.58. The van der Waals surface area contributed by atoms with E-state index in [2.05, 4.69) is 21.2 Å². The van der Waals surface area contributed by atoms with Crippen LogP contribution < -0.4 is 5.32 Å². The molecule has 146 valence electrons. The molecule has 1 saturated heterocycles. The minimum Gasteiger partial charge on any atom is -0.343 e. The average molecular weight is 443 g/mol. The maximum Gasteiger partial charge on any atom is 0.227 e. The minimum atomic E-state index is -0.0892. The summed E-state index contributed by atoms with van der Waals surface area (Å²) in [5, 5.41) is 2.93. The van der Waals surface area contributed by atoms with Crippen molar-refractivity contribution in [2.24, 2.45) is 5.92 Å². The van der Waals surface area contributed by atoms with Gasteiger partial charge in [0.25, 0.3) is 0 Å². The number of amides is 2. The first-order chi connectivity index (χ1) is 13.5. The van der Waals surface area contributed by atoms with Crippen LogP contribution in [0.5, 0.6) is 0 Å². The number of Topliss-reactive ketones (excluding diaryl/α,β-unsaturated/α-hetero) is 1. The molecular formula is C22H23BrN2O3. The summed E-state index contributed by atoms with van der Waals surface area (Å²) < 4.78 is 0.916. The normalized spacial score (nSPS) is 14.5. The van der Waals surface area contributed by atoms with E-state index in [9.17, 15) is 14.4 Å². The smallest absolute Gasteiger partial charge is 0.227 e. The van der Waals surface area contributed by atoms with Crippen molar-refractivity contribution < 1.29 is 14.4 Å². The van der Waals surface area contributed by atoms with Crippen molar-refractivity contribution in [3.63, 3.8) is 0 Å². The van der Waals surface area contributed by atoms with Crippen molar-refractivity contribution in [2.45, 2.75) is 25.7 Å². The second-order valence-electron chi connectivity index (χ2n) is 6.94. The van der Waals surface area contributed by atoms with Crippen molar-refractivity contribution in [3.05, 3.63) is 64.6 Å². The maximum absolute atomic E-state index is 12.4. The quantitative estimate of drug-likeness (QED) is 0.678. The highest BCUT2D eigenvalue weighted by atomic mass is 79.9. The van der Waals surface area contributed by atoms with Gasteiger partial charge in [0.05, 0.1) is 0 Å². The first-order valence-corrected chi connectivity index (χ1v) is 10.2. The number of rotatable bonds is 6. The lowest BCUT2D eigenvalue weighted by molar-refractivity contribution is -0.134. The summed E-state index contributed by atoms with van der Waals surface area (Å²) >= 11 is 3.34. The summed E-state index contributed by atoms with van der Waals surface area (Å²) in [7, 11) is 0. The highest BCUT2D eigenvalue weighted by Gasteiger charge is 2.27. The highest BCUT2D eigenvalue weighted by molar-refractivity contribution is 9.10. The van der Waals surface area contributed by atoms with Crippen LogP contribution in [0.1, 0.15) is 36.0 Å². The Hall–Kier alpha value is -2.47. The predicted molar refractivity (Wildman–Crippen MR) is 112 cm³/mol. The molecular weight excluding hydrogens is 420 g/mol. The van der Waals surface area contributed by atoms with Crippen molar-refractivity contribution in [1.29, 1.82) is 0 Å². The molecule has 2 aromatic carbocycles. The number of likely N-dealkylation sites (tertiary alicyclic amines) is 1. The van der Waals surface area contributed by atoms with Gasteiger partial charge < -0.3 is 10.2 Å². The van der Waals surface area contributed by atoms with Gasteiger partial charge in [-0.3, -0.25) is 14.4 Å². The van der Waals surface area contributed by atoms with Crippen molar-refractivity contribution in [3.8, 4) is 0 Å². The number of hydrogen-bond donors (Lipinski definition) is 1. The Morgan fingerprint density at radius 3 is 2.21 bits per heavy atom. The molecule has 0 spiro atoms. The Morgan fingerprint density at radius 2 is 1.57 bits per heavy atom. The lowest BCUT2D eigenvalue weighted by Crippen LogP contribution is -2.41. The molecule has 0 aliphatic carbocycles. The fraction of sp³-hybridized carbons (Fsp3) is 0.318. The van der Waals surface area contributed by atoms with Gasteiger partial charge >= 0.3 is 0 Å². The Labute approximate surface area is 173 Å². The van der Waals surface area contributed by atoms with Gasteiger partial charge in [-0.05, 0) is 37.1 Å². The van der Waals surface area contributed by atoms with Crippen LogP contribution in [0.2, 0.25) is 0 Å². The molecule has 2 amide bonds. The lowest BCUT2D eigenvalue weighted by atomic mass is 9.95. The zero-order chi connectivity index (χ0) is 19.9. The average Bonchev–Trinajstić information content (AvgIpc) is 2.73. The molecule has 0 atom stereocenters. The predicted octanol–water partition coefficient (Wildman–Crippen LogP) is 4.29. The Balaban J connectivity index is 1.42. The lowest BCUT2D eigenvalue weighted by Gasteiger charge is -2.31. The van der Waals surface area contributed by atoms with E-state index in [4.69, 9.17) is 0 Å². The number of para-hydroxylation sites is 1. The number of halogens is 1. The van der Waals surface area contributed by atoms with Gasteiger partial charge in [0, 0.05) is 47.6 Å². The molecule has 0 bridgehead atoms. The van der Waals surface area contributed by atoms with Crippen LogP contribution in [-0.2, 0) is 9.59 Å². The number of carbonyl (C=O) groups is 3. The second kappa shape index (κ2) is 9.64. The number of nitrogens with zero attached hydrogens (tertiary/aromatic N) is 1. The summed E-state index contributed by atoms with van der Waals surface area (Å²) in [5.41, 5.74) is 1.41. The van der Waals surface area contributed by atoms with Crippen molar-refractivity contribution >= 4 is 39.2 Å². The van der Waals surface area contributed by atoms with Gasteiger partial charge in [-0.2, -0.15) is 0 Å². The molecule has 1 aliphatic rings. The van der Waals surface area contributed by atoms with Crippen LogP contribution in [-0.4, -0.2) is 35.6 Å². The number of anilines is 1. The van der Waals surface area contributed by atoms with Gasteiger partial charge in [-0.1, -0.05) is 46.3 Å². The van der Waals surface area contributed by atoms with Gasteiger partial charge in [0.1, 0.15) is 0 Å². The molecule has 0 unspecified atom stereocenters. The van der Waals surface area contributed by atoms with E-state index in [0.29, 0.717) is 31.5 Å². The number of piperidine rings is 1. The number of ketones is 1. The van der Waals surface area contributed by atoms with Crippen LogP contribution in [0, 0.1) is 5.92 Å². The van der Waals surface area contributed by atoms with E-state index in [0.717, 1.165) is 10.2 Å². The van der Waals surface area contributed by atoms with E-state index >= 15 is 0 Å². The van der Waals surface area contributed by atoms with Crippen LogP contribution in [0.3, 0.4) is 0 Å². The largest absolute Gasteiger partial charge is 0.343 e. The molecule has 1 fully saturated rings. The molecule has 3 rings (SSSR count). The molecule has 2 aromatic rings. The molecule has 5 nitrogen and oxygen atoms in total. The van der Waals surface area contributed by atoms with Gasteiger partial charge in [-0.15, -0.1) is 0 Å². The van der Waals surface area contributed by atoms with E-state index < -0.39 is 0 Å². The molecule has 0 aromatic heterocycles. The van der Waals surface area contributed by atoms with E-state index in [-0.39, 0.29) is 36.4 Å². The number of nitrogens with one attached hydrogen (secondary N) is 1. The summed E-state index contributed by atoms with van der Waals surface area (Å²) in [6.07, 6.45) is 1.70. The molecule has 1 aliphatic heterocycles. The van der Waals surface area contributed by atoms with Gasteiger partial charge in [0.2, 0.25) is 11.8 Å². The SMILES string of the molecule is O=C(CCC(=O)N1CCC(C(=O)Nc2ccccc2)CC1)c1ccc(Br)cc1. The van der Waals surface area contributed by atoms with Crippen LogP contribution >= 0.6 is 15.9 Å². The van der Waals surface area contributed by atoms with Crippen LogP contribution in [0.15, 0.2) is 59.1 Å². The topological polar surface area (TPSA) is 66.5 Å². The molecule has 28 heavy (non-hydrogen) atoms. The van der Waals surface area contributed by atoms with Crippen molar-refractivity contribution in [2.75, 3.05) is 18.4 Å². The maximum atomic E-state index is 12.4. The Bertz CT molecular complexity index is 829. The van der Waals surface area contributed by atoms with Crippen molar-refractivity contribution in [1.82, 2.24) is 4.90 Å². The third kappa shape index (κ3) is 5.52. The first-order valence-electron chi connectivity index (χ1n) is 9.45. The van der Waals surface area contributed by atoms with E-state index in [1.54, 1.807) is 17.0 Å². The molecule has 6 heteroatoms. The molecule has 1 N–H and O–H groups in total. The Kier molecular flexibility index (Phi) is 6.98. The second-order valence-corrected chi connectivity index (χ2v) is 7.86. The summed E-state index contributed by atoms with van der Waals surface area (Å²) in [6, 6.07) is 16.5. The summed E-state index contributed by atoms with van der Waals surface area (Å²) in [4.78, 5) is 38.8. The zero-order valence-corrected chi connectivity index (χ0v) is 17.2. The van der Waals surface area contributed by atoms with Gasteiger partial charge in [-0.25, -0.2) is 0 Å². The highest BCUT2D eigenvalue weighted by Crippen LogP contribution is 2.21. The summed E-state index contributed by atoms with van der Waals surface area (Å²) in [6.45, 7) is 1.11. The number of benzene rings is 2. The molecule has 0 saturated carbocycles. The molecule has 0 radical (unpaired) electrons. The van der Waals surface area contributed by atoms with E-state index in [1.807, 2.05) is 42.5 Å². The fourth-order valence-electron chi connectivity index (χ4n) is 3.32. The van der Waals surface area contributed by atoms with Crippen LogP contribution in [0.4, 0.5) is 5.69 Å². The summed E-state index contributed by atoms with van der Waals surface area (Å²) in [5.74, 6) is -0.136. The minimum absolute atomic E-state index is 0.00344. The monoisotopic (exact) mass is 442 g/mol. The first kappa shape index (κ1) is 20.3. The third-order valence-electron chi connectivity index (χ3n) is 4.99. The number of hydrogen-bond acceptors (Lipinski definition) is 3. The van der Waals surface area contributed by atoms with Crippen LogP contribution in [0.25, 0.3) is 0 Å². The van der Waals surface area contributed by atoms with Gasteiger partial charge in [0.15, 0.2) is 5.78 Å². The number of carbonyl (C=O) groups excluding carboxylic acids is 3. The standard InChI is InChI=1S/C22H23BrN2O3/c23-18-8-6-16(7-9-18)20(26)10-11-21(27)25-14-12-17(13-15-25)22(28)24-19-4-2-1-3-5-19/h1-9,17H,10-15H2,(H,24,28). The zero-order valence-electron chi connectivity index (χ0n) is 15.6. The molecule has 1 heterocycles. The van der Waals surface area contributed by atoms with E-state index in [1.165, 1.54) is 0 Å². The Morgan fingerprint density at radius 1 is 0.929 bits per heavy atom. The third-order valence-corrected chi connectivity index (χ3v) is 5.52.